The molecule has 5 nitrogen and oxygen atoms in total. The Morgan fingerprint density at radius 3 is 2.96 bits per heavy atom. The fourth-order valence-corrected chi connectivity index (χ4v) is 3.74. The van der Waals surface area contributed by atoms with Gasteiger partial charge in [-0.2, -0.15) is 0 Å². The minimum Gasteiger partial charge on any atom is -0.325 e. The Bertz CT molecular complexity index is 921. The number of anilines is 1. The van der Waals surface area contributed by atoms with Crippen LogP contribution in [0.2, 0.25) is 0 Å². The maximum absolute atomic E-state index is 13.6. The third kappa shape index (κ3) is 4.20. The minimum absolute atomic E-state index is 0.148. The Balaban J connectivity index is 1.68. The molecule has 3 rings (SSSR count). The number of aromatic nitrogens is 3. The molecule has 0 atom stereocenters. The SMILES string of the molecule is C=CCn1c(SCC(=O)Nc2ccc(C)c(F)c2)nnc1-c1cccs1. The third-order valence-corrected chi connectivity index (χ3v) is 5.39. The average Bonchev–Trinajstić information content (AvgIpc) is 3.26. The summed E-state index contributed by atoms with van der Waals surface area (Å²) < 4.78 is 15.5. The molecule has 0 bridgehead atoms. The zero-order chi connectivity index (χ0) is 18.5. The Morgan fingerprint density at radius 1 is 1.42 bits per heavy atom. The van der Waals surface area contributed by atoms with Crippen LogP contribution in [0.3, 0.4) is 0 Å². The zero-order valence-corrected chi connectivity index (χ0v) is 15.7. The average molecular weight is 388 g/mol. The van der Waals surface area contributed by atoms with Crippen LogP contribution < -0.4 is 5.32 Å². The molecule has 1 N–H and O–H groups in total. The summed E-state index contributed by atoms with van der Waals surface area (Å²) in [5.74, 6) is 0.323. The predicted molar refractivity (Wildman–Crippen MR) is 104 cm³/mol. The standard InChI is InChI=1S/C18H17FN4OS2/c1-3-8-23-17(15-5-4-9-25-15)21-22-18(23)26-11-16(24)20-13-7-6-12(2)14(19)10-13/h3-7,9-10H,1,8,11H2,2H3,(H,20,24). The van der Waals surface area contributed by atoms with Crippen LogP contribution in [0.15, 0.2) is 53.5 Å². The van der Waals surface area contributed by atoms with E-state index in [9.17, 15) is 9.18 Å². The van der Waals surface area contributed by atoms with Crippen molar-refractivity contribution in [3.63, 3.8) is 0 Å². The molecule has 0 unspecified atom stereocenters. The Kier molecular flexibility index (Phi) is 5.85. The van der Waals surface area contributed by atoms with E-state index in [0.29, 0.717) is 23.0 Å². The summed E-state index contributed by atoms with van der Waals surface area (Å²) in [5.41, 5.74) is 0.974. The van der Waals surface area contributed by atoms with E-state index in [2.05, 4.69) is 22.1 Å². The van der Waals surface area contributed by atoms with Crippen molar-refractivity contribution in [2.24, 2.45) is 0 Å². The number of halogens is 1. The van der Waals surface area contributed by atoms with Crippen molar-refractivity contribution in [3.05, 3.63) is 59.7 Å². The van der Waals surface area contributed by atoms with E-state index >= 15 is 0 Å². The van der Waals surface area contributed by atoms with Gasteiger partial charge in [0.2, 0.25) is 5.91 Å². The maximum Gasteiger partial charge on any atom is 0.234 e. The van der Waals surface area contributed by atoms with Crippen molar-refractivity contribution in [1.29, 1.82) is 0 Å². The van der Waals surface area contributed by atoms with Gasteiger partial charge in [0.1, 0.15) is 5.82 Å². The highest BCUT2D eigenvalue weighted by Gasteiger charge is 2.15. The van der Waals surface area contributed by atoms with Gasteiger partial charge in [0.05, 0.1) is 10.6 Å². The summed E-state index contributed by atoms with van der Waals surface area (Å²) in [6, 6.07) is 8.55. The second kappa shape index (κ2) is 8.29. The lowest BCUT2D eigenvalue weighted by molar-refractivity contribution is -0.113. The molecule has 0 aliphatic rings. The van der Waals surface area contributed by atoms with E-state index in [1.165, 1.54) is 17.8 Å². The molecule has 0 aliphatic heterocycles. The summed E-state index contributed by atoms with van der Waals surface area (Å²) in [7, 11) is 0. The summed E-state index contributed by atoms with van der Waals surface area (Å²) in [6.07, 6.45) is 1.76. The van der Waals surface area contributed by atoms with Gasteiger partial charge in [-0.3, -0.25) is 9.36 Å². The smallest absolute Gasteiger partial charge is 0.234 e. The van der Waals surface area contributed by atoms with Crippen LogP contribution in [0.5, 0.6) is 0 Å². The van der Waals surface area contributed by atoms with Gasteiger partial charge >= 0.3 is 0 Å². The van der Waals surface area contributed by atoms with Crippen molar-refractivity contribution in [1.82, 2.24) is 14.8 Å². The lowest BCUT2D eigenvalue weighted by Crippen LogP contribution is -2.15. The van der Waals surface area contributed by atoms with Crippen LogP contribution in [0, 0.1) is 12.7 Å². The number of rotatable bonds is 7. The summed E-state index contributed by atoms with van der Waals surface area (Å²) in [5, 5.41) is 13.7. The van der Waals surface area contributed by atoms with Crippen molar-refractivity contribution < 1.29 is 9.18 Å². The number of thiophene rings is 1. The van der Waals surface area contributed by atoms with Crippen LogP contribution in [0.25, 0.3) is 10.7 Å². The first-order valence-corrected chi connectivity index (χ1v) is 9.72. The van der Waals surface area contributed by atoms with E-state index in [1.807, 2.05) is 22.1 Å². The fourth-order valence-electron chi connectivity index (χ4n) is 2.28. The summed E-state index contributed by atoms with van der Waals surface area (Å²) in [6.45, 7) is 5.99. The second-order valence-electron chi connectivity index (χ2n) is 5.48. The topological polar surface area (TPSA) is 59.8 Å². The molecule has 0 aliphatic carbocycles. The molecule has 0 saturated carbocycles. The first-order valence-electron chi connectivity index (χ1n) is 7.85. The molecule has 2 heterocycles. The number of thioether (sulfide) groups is 1. The number of nitrogens with zero attached hydrogens (tertiary/aromatic N) is 3. The number of allylic oxidation sites excluding steroid dienone is 1. The summed E-state index contributed by atoms with van der Waals surface area (Å²) >= 11 is 2.86. The van der Waals surface area contributed by atoms with Crippen LogP contribution >= 0.6 is 23.1 Å². The lowest BCUT2D eigenvalue weighted by atomic mass is 10.2. The lowest BCUT2D eigenvalue weighted by Gasteiger charge is -2.08. The molecular weight excluding hydrogens is 371 g/mol. The van der Waals surface area contributed by atoms with Crippen molar-refractivity contribution in [3.8, 4) is 10.7 Å². The highest BCUT2D eigenvalue weighted by molar-refractivity contribution is 7.99. The number of benzene rings is 1. The number of amides is 1. The third-order valence-electron chi connectivity index (χ3n) is 3.56. The molecule has 2 aromatic heterocycles. The van der Waals surface area contributed by atoms with Crippen molar-refractivity contribution in [2.75, 3.05) is 11.1 Å². The molecule has 0 spiro atoms. The largest absolute Gasteiger partial charge is 0.325 e. The Labute approximate surface area is 159 Å². The molecule has 134 valence electrons. The van der Waals surface area contributed by atoms with E-state index in [1.54, 1.807) is 36.5 Å². The molecule has 0 radical (unpaired) electrons. The van der Waals surface area contributed by atoms with Crippen LogP contribution in [-0.4, -0.2) is 26.4 Å². The molecule has 26 heavy (non-hydrogen) atoms. The molecule has 0 fully saturated rings. The van der Waals surface area contributed by atoms with Crippen LogP contribution in [0.4, 0.5) is 10.1 Å². The highest BCUT2D eigenvalue weighted by Crippen LogP contribution is 2.27. The Hall–Kier alpha value is -2.45. The van der Waals surface area contributed by atoms with Gasteiger partial charge in [-0.25, -0.2) is 4.39 Å². The molecule has 0 saturated heterocycles. The van der Waals surface area contributed by atoms with Crippen LogP contribution in [-0.2, 0) is 11.3 Å². The molecule has 8 heteroatoms. The number of carbonyl (C=O) groups excluding carboxylic acids is 1. The Morgan fingerprint density at radius 2 is 2.27 bits per heavy atom. The quantitative estimate of drug-likeness (QED) is 0.482. The van der Waals surface area contributed by atoms with Gasteiger partial charge in [0, 0.05) is 12.2 Å². The summed E-state index contributed by atoms with van der Waals surface area (Å²) in [4.78, 5) is 13.2. The van der Waals surface area contributed by atoms with Gasteiger partial charge in [-0.15, -0.1) is 28.1 Å². The van der Waals surface area contributed by atoms with E-state index in [4.69, 9.17) is 0 Å². The van der Waals surface area contributed by atoms with Crippen molar-refractivity contribution in [2.45, 2.75) is 18.6 Å². The molecular formula is C18H17FN4OS2. The first kappa shape index (κ1) is 18.3. The fraction of sp³-hybridized carbons (Fsp3) is 0.167. The molecule has 1 amide bonds. The monoisotopic (exact) mass is 388 g/mol. The maximum atomic E-state index is 13.6. The second-order valence-corrected chi connectivity index (χ2v) is 7.37. The van der Waals surface area contributed by atoms with Gasteiger partial charge in [0.15, 0.2) is 11.0 Å². The molecule has 1 aromatic carbocycles. The van der Waals surface area contributed by atoms with Gasteiger partial charge in [-0.1, -0.05) is 30.0 Å². The highest BCUT2D eigenvalue weighted by atomic mass is 32.2. The number of hydrogen-bond donors (Lipinski definition) is 1. The normalized spacial score (nSPS) is 10.7. The van der Waals surface area contributed by atoms with E-state index in [0.717, 1.165) is 10.7 Å². The number of carbonyl (C=O) groups is 1. The van der Waals surface area contributed by atoms with Gasteiger partial charge < -0.3 is 5.32 Å². The van der Waals surface area contributed by atoms with E-state index < -0.39 is 0 Å². The predicted octanol–water partition coefficient (Wildman–Crippen LogP) is 4.37. The van der Waals surface area contributed by atoms with Gasteiger partial charge in [0.25, 0.3) is 0 Å². The van der Waals surface area contributed by atoms with Gasteiger partial charge in [-0.05, 0) is 36.1 Å². The first-order chi connectivity index (χ1) is 12.6. The zero-order valence-electron chi connectivity index (χ0n) is 14.1. The van der Waals surface area contributed by atoms with E-state index in [-0.39, 0.29) is 17.5 Å². The van der Waals surface area contributed by atoms with Crippen molar-refractivity contribution >= 4 is 34.7 Å². The number of aryl methyl sites for hydroxylation is 1. The molecule has 3 aromatic rings. The number of hydrogen-bond acceptors (Lipinski definition) is 5. The number of nitrogens with one attached hydrogen (secondary N) is 1. The van der Waals surface area contributed by atoms with Crippen LogP contribution in [0.1, 0.15) is 5.56 Å². The minimum atomic E-state index is -0.346.